The fraction of sp³-hybridized carbons (Fsp3) is 0.667. The monoisotopic (exact) mass is 248 g/mol. The Morgan fingerprint density at radius 3 is 3.00 bits per heavy atom. The number of aryl methyl sites for hydroxylation is 1. The van der Waals surface area contributed by atoms with Crippen molar-refractivity contribution in [2.24, 2.45) is 5.41 Å². The topological polar surface area (TPSA) is 36.4 Å². The summed E-state index contributed by atoms with van der Waals surface area (Å²) >= 11 is 0. The van der Waals surface area contributed by atoms with E-state index >= 15 is 0 Å². The average Bonchev–Trinajstić information content (AvgIpc) is 2.40. The van der Waals surface area contributed by atoms with Crippen molar-refractivity contribution in [1.82, 2.24) is 4.98 Å². The van der Waals surface area contributed by atoms with Gasteiger partial charge in [0.2, 0.25) is 0 Å². The Kier molecular flexibility index (Phi) is 4.23. The maximum Gasteiger partial charge on any atom is 0.0504 e. The largest absolute Gasteiger partial charge is 0.396 e. The number of aliphatic hydroxyl groups excluding tert-OH is 1. The van der Waals surface area contributed by atoms with Crippen molar-refractivity contribution in [3.63, 3.8) is 0 Å². The number of pyridine rings is 1. The van der Waals surface area contributed by atoms with E-state index in [0.29, 0.717) is 6.61 Å². The van der Waals surface area contributed by atoms with E-state index in [1.807, 2.05) is 12.4 Å². The lowest BCUT2D eigenvalue weighted by atomic mass is 9.77. The van der Waals surface area contributed by atoms with Crippen LogP contribution in [0.15, 0.2) is 18.5 Å². The fourth-order valence-corrected chi connectivity index (χ4v) is 3.18. The summed E-state index contributed by atoms with van der Waals surface area (Å²) in [7, 11) is 0. The maximum atomic E-state index is 9.77. The zero-order valence-electron chi connectivity index (χ0n) is 11.5. The van der Waals surface area contributed by atoms with E-state index in [-0.39, 0.29) is 5.41 Å². The zero-order valence-corrected chi connectivity index (χ0v) is 11.5. The van der Waals surface area contributed by atoms with Crippen LogP contribution in [0.5, 0.6) is 0 Å². The highest BCUT2D eigenvalue weighted by Crippen LogP contribution is 2.36. The molecular formula is C15H24N2O. The Hall–Kier alpha value is -1.09. The number of anilines is 1. The normalized spacial score (nSPS) is 24.3. The molecule has 1 aliphatic rings. The summed E-state index contributed by atoms with van der Waals surface area (Å²) in [6, 6.07) is 2.09. The van der Waals surface area contributed by atoms with E-state index in [0.717, 1.165) is 32.4 Å². The van der Waals surface area contributed by atoms with Gasteiger partial charge in [-0.05, 0) is 37.8 Å². The predicted octanol–water partition coefficient (Wildman–Crippen LogP) is 2.77. The maximum absolute atomic E-state index is 9.77. The van der Waals surface area contributed by atoms with Crippen LogP contribution in [0, 0.1) is 12.3 Å². The Bertz CT molecular complexity index is 390. The SMILES string of the molecule is CCCC1(CO)CCCN(c2ccncc2C)C1. The van der Waals surface area contributed by atoms with Crippen LogP contribution in [-0.4, -0.2) is 29.8 Å². The Morgan fingerprint density at radius 2 is 2.33 bits per heavy atom. The van der Waals surface area contributed by atoms with Crippen molar-refractivity contribution in [2.75, 3.05) is 24.6 Å². The summed E-state index contributed by atoms with van der Waals surface area (Å²) in [5.41, 5.74) is 2.60. The molecule has 2 rings (SSSR count). The highest BCUT2D eigenvalue weighted by atomic mass is 16.3. The van der Waals surface area contributed by atoms with Crippen molar-refractivity contribution in [1.29, 1.82) is 0 Å². The fourth-order valence-electron chi connectivity index (χ4n) is 3.18. The van der Waals surface area contributed by atoms with Crippen LogP contribution < -0.4 is 4.90 Å². The van der Waals surface area contributed by atoms with Gasteiger partial charge >= 0.3 is 0 Å². The number of hydrogen-bond donors (Lipinski definition) is 1. The molecule has 1 aliphatic heterocycles. The number of aromatic nitrogens is 1. The third kappa shape index (κ3) is 2.66. The van der Waals surface area contributed by atoms with Crippen molar-refractivity contribution in [3.05, 3.63) is 24.0 Å². The minimum atomic E-state index is 0.0999. The third-order valence-electron chi connectivity index (χ3n) is 4.11. The quantitative estimate of drug-likeness (QED) is 0.890. The van der Waals surface area contributed by atoms with Gasteiger partial charge in [-0.1, -0.05) is 13.3 Å². The molecule has 0 bridgehead atoms. The van der Waals surface area contributed by atoms with E-state index in [2.05, 4.69) is 29.8 Å². The molecule has 0 amide bonds. The molecule has 0 saturated carbocycles. The Morgan fingerprint density at radius 1 is 1.50 bits per heavy atom. The molecule has 0 spiro atoms. The van der Waals surface area contributed by atoms with Crippen LogP contribution >= 0.6 is 0 Å². The second-order valence-corrected chi connectivity index (χ2v) is 5.60. The van der Waals surface area contributed by atoms with Crippen LogP contribution in [0.1, 0.15) is 38.2 Å². The van der Waals surface area contributed by atoms with Gasteiger partial charge in [-0.15, -0.1) is 0 Å². The van der Waals surface area contributed by atoms with E-state index < -0.39 is 0 Å². The minimum Gasteiger partial charge on any atom is -0.396 e. The number of hydrogen-bond acceptors (Lipinski definition) is 3. The Labute approximate surface area is 110 Å². The Balaban J connectivity index is 2.18. The first-order chi connectivity index (χ1) is 8.71. The van der Waals surface area contributed by atoms with Crippen molar-refractivity contribution >= 4 is 5.69 Å². The summed E-state index contributed by atoms with van der Waals surface area (Å²) in [6.45, 7) is 6.69. The molecule has 1 N–H and O–H groups in total. The molecule has 1 fully saturated rings. The van der Waals surface area contributed by atoms with E-state index in [1.54, 1.807) is 0 Å². The molecule has 2 heterocycles. The van der Waals surface area contributed by atoms with Gasteiger partial charge in [0.1, 0.15) is 0 Å². The van der Waals surface area contributed by atoms with Crippen LogP contribution in [0.4, 0.5) is 5.69 Å². The molecular weight excluding hydrogens is 224 g/mol. The summed E-state index contributed by atoms with van der Waals surface area (Å²) < 4.78 is 0. The first-order valence-electron chi connectivity index (χ1n) is 6.97. The molecule has 1 aromatic rings. The standard InChI is InChI=1S/C15H24N2O/c1-3-6-15(12-18)7-4-9-17(11-15)14-5-8-16-10-13(14)2/h5,8,10,18H,3-4,6-7,9,11-12H2,1-2H3. The smallest absolute Gasteiger partial charge is 0.0504 e. The van der Waals surface area contributed by atoms with Gasteiger partial charge < -0.3 is 10.0 Å². The number of nitrogens with zero attached hydrogens (tertiary/aromatic N) is 2. The molecule has 1 unspecified atom stereocenters. The molecule has 3 heteroatoms. The van der Waals surface area contributed by atoms with Gasteiger partial charge in [0.05, 0.1) is 6.61 Å². The van der Waals surface area contributed by atoms with E-state index in [1.165, 1.54) is 17.7 Å². The summed E-state index contributed by atoms with van der Waals surface area (Å²) in [5, 5.41) is 9.77. The first-order valence-corrected chi connectivity index (χ1v) is 6.97. The van der Waals surface area contributed by atoms with Gasteiger partial charge in [-0.2, -0.15) is 0 Å². The molecule has 1 aromatic heterocycles. The molecule has 1 atom stereocenters. The lowest BCUT2D eigenvalue weighted by Crippen LogP contribution is -2.45. The van der Waals surface area contributed by atoms with Gasteiger partial charge in [-0.25, -0.2) is 0 Å². The van der Waals surface area contributed by atoms with Crippen molar-refractivity contribution < 1.29 is 5.11 Å². The van der Waals surface area contributed by atoms with Crippen LogP contribution in [0.25, 0.3) is 0 Å². The average molecular weight is 248 g/mol. The van der Waals surface area contributed by atoms with Crippen molar-refractivity contribution in [2.45, 2.75) is 39.5 Å². The molecule has 3 nitrogen and oxygen atoms in total. The lowest BCUT2D eigenvalue weighted by Gasteiger charge is -2.43. The molecule has 0 radical (unpaired) electrons. The van der Waals surface area contributed by atoms with Gasteiger partial charge in [0.15, 0.2) is 0 Å². The molecule has 1 saturated heterocycles. The van der Waals surface area contributed by atoms with E-state index in [9.17, 15) is 5.11 Å². The second-order valence-electron chi connectivity index (χ2n) is 5.60. The van der Waals surface area contributed by atoms with Crippen LogP contribution in [-0.2, 0) is 0 Å². The van der Waals surface area contributed by atoms with Crippen LogP contribution in [0.3, 0.4) is 0 Å². The zero-order chi connectivity index (χ0) is 13.0. The first kappa shape index (κ1) is 13.3. The van der Waals surface area contributed by atoms with E-state index in [4.69, 9.17) is 0 Å². The highest BCUT2D eigenvalue weighted by molar-refractivity contribution is 5.52. The number of aliphatic hydroxyl groups is 1. The summed E-state index contributed by atoms with van der Waals surface area (Å²) in [4.78, 5) is 6.58. The molecule has 0 aliphatic carbocycles. The number of rotatable bonds is 4. The van der Waals surface area contributed by atoms with Gasteiger partial charge in [-0.3, -0.25) is 4.98 Å². The lowest BCUT2D eigenvalue weighted by molar-refractivity contribution is 0.0954. The summed E-state index contributed by atoms with van der Waals surface area (Å²) in [6.07, 6.45) is 8.36. The van der Waals surface area contributed by atoms with Gasteiger partial charge in [0.25, 0.3) is 0 Å². The second kappa shape index (κ2) is 5.70. The van der Waals surface area contributed by atoms with Crippen molar-refractivity contribution in [3.8, 4) is 0 Å². The highest BCUT2D eigenvalue weighted by Gasteiger charge is 2.34. The summed E-state index contributed by atoms with van der Waals surface area (Å²) in [5.74, 6) is 0. The minimum absolute atomic E-state index is 0.0999. The van der Waals surface area contributed by atoms with Crippen LogP contribution in [0.2, 0.25) is 0 Å². The molecule has 18 heavy (non-hydrogen) atoms. The molecule has 100 valence electrons. The number of piperidine rings is 1. The predicted molar refractivity (Wildman–Crippen MR) is 74.8 cm³/mol. The van der Waals surface area contributed by atoms with Gasteiger partial charge in [0, 0.05) is 36.6 Å². The molecule has 0 aromatic carbocycles. The third-order valence-corrected chi connectivity index (χ3v) is 4.11.